The van der Waals surface area contributed by atoms with E-state index in [0.717, 1.165) is 49.6 Å². The highest BCUT2D eigenvalue weighted by atomic mass is 16.5. The Kier molecular flexibility index (Phi) is 5.71. The van der Waals surface area contributed by atoms with Crippen LogP contribution in [0.4, 0.5) is 5.82 Å². The second-order valence-electron chi connectivity index (χ2n) is 6.43. The second kappa shape index (κ2) is 8.16. The molecule has 2 heterocycles. The van der Waals surface area contributed by atoms with Crippen LogP contribution in [0.25, 0.3) is 0 Å². The van der Waals surface area contributed by atoms with Gasteiger partial charge in [-0.3, -0.25) is 4.79 Å². The number of nitrogens with one attached hydrogen (secondary N) is 1. The largest absolute Gasteiger partial charge is 0.483 e. The van der Waals surface area contributed by atoms with Gasteiger partial charge >= 0.3 is 0 Å². The summed E-state index contributed by atoms with van der Waals surface area (Å²) in [7, 11) is 0. The number of aromatic nitrogens is 2. The van der Waals surface area contributed by atoms with Crippen molar-refractivity contribution < 1.29 is 9.53 Å². The summed E-state index contributed by atoms with van der Waals surface area (Å²) < 4.78 is 7.56. The Morgan fingerprint density at radius 2 is 2.04 bits per heavy atom. The summed E-state index contributed by atoms with van der Waals surface area (Å²) in [6, 6.07) is 9.87. The zero-order valence-corrected chi connectivity index (χ0v) is 14.9. The molecule has 1 amide bonds. The predicted octanol–water partition coefficient (Wildman–Crippen LogP) is 2.87. The highest BCUT2D eigenvalue weighted by Crippen LogP contribution is 2.25. The Morgan fingerprint density at radius 1 is 1.28 bits per heavy atom. The third-order valence-electron chi connectivity index (χ3n) is 4.74. The number of carbonyl (C=O) groups excluding carboxylic acids is 1. The van der Waals surface area contributed by atoms with E-state index in [1.54, 1.807) is 6.20 Å². The van der Waals surface area contributed by atoms with E-state index in [2.05, 4.69) is 22.2 Å². The zero-order chi connectivity index (χ0) is 17.6. The lowest BCUT2D eigenvalue weighted by atomic mass is 10.1. The Hall–Kier alpha value is -2.34. The maximum absolute atomic E-state index is 12.2. The van der Waals surface area contributed by atoms with E-state index < -0.39 is 0 Å². The molecular weight excluding hydrogens is 316 g/mol. The Bertz CT molecular complexity index is 705. The van der Waals surface area contributed by atoms with E-state index in [4.69, 9.17) is 4.74 Å². The van der Waals surface area contributed by atoms with Gasteiger partial charge in [0.15, 0.2) is 6.61 Å². The van der Waals surface area contributed by atoms with Crippen molar-refractivity contribution in [1.82, 2.24) is 14.7 Å². The van der Waals surface area contributed by atoms with Gasteiger partial charge < -0.3 is 15.0 Å². The van der Waals surface area contributed by atoms with Crippen LogP contribution in [0.15, 0.2) is 36.5 Å². The summed E-state index contributed by atoms with van der Waals surface area (Å²) in [6.07, 6.45) is 3.85. The summed E-state index contributed by atoms with van der Waals surface area (Å²) in [5.41, 5.74) is 1.02. The van der Waals surface area contributed by atoms with Crippen molar-refractivity contribution in [3.63, 3.8) is 0 Å². The third kappa shape index (κ3) is 4.39. The van der Waals surface area contributed by atoms with Crippen molar-refractivity contribution in [2.24, 2.45) is 0 Å². The molecule has 0 unspecified atom stereocenters. The van der Waals surface area contributed by atoms with Gasteiger partial charge in [-0.15, -0.1) is 0 Å². The number of benzene rings is 1. The number of rotatable bonds is 6. The molecule has 25 heavy (non-hydrogen) atoms. The minimum atomic E-state index is -0.170. The van der Waals surface area contributed by atoms with Crippen LogP contribution in [0, 0.1) is 6.92 Å². The fraction of sp³-hybridized carbons (Fsp3) is 0.474. The summed E-state index contributed by atoms with van der Waals surface area (Å²) in [4.78, 5) is 14.7. The van der Waals surface area contributed by atoms with E-state index >= 15 is 0 Å². The molecule has 0 radical (unpaired) electrons. The van der Waals surface area contributed by atoms with Gasteiger partial charge in [0.05, 0.1) is 12.2 Å². The van der Waals surface area contributed by atoms with Gasteiger partial charge in [-0.2, -0.15) is 5.10 Å². The highest BCUT2D eigenvalue weighted by molar-refractivity contribution is 5.91. The van der Waals surface area contributed by atoms with Crippen molar-refractivity contribution in [1.29, 1.82) is 0 Å². The molecule has 0 atom stereocenters. The fourth-order valence-electron chi connectivity index (χ4n) is 3.22. The summed E-state index contributed by atoms with van der Waals surface area (Å²) in [5.74, 6) is 1.31. The fourth-order valence-corrected chi connectivity index (χ4v) is 3.22. The number of ether oxygens (including phenoxy) is 1. The molecule has 134 valence electrons. The van der Waals surface area contributed by atoms with Crippen molar-refractivity contribution >= 4 is 11.7 Å². The monoisotopic (exact) mass is 342 g/mol. The number of hydrogen-bond acceptors (Lipinski definition) is 4. The molecule has 3 rings (SSSR count). The van der Waals surface area contributed by atoms with Gasteiger partial charge in [0.25, 0.3) is 5.91 Å². The van der Waals surface area contributed by atoms with Crippen molar-refractivity contribution in [2.75, 3.05) is 31.6 Å². The predicted molar refractivity (Wildman–Crippen MR) is 97.9 cm³/mol. The zero-order valence-electron chi connectivity index (χ0n) is 14.9. The number of piperidine rings is 1. The summed E-state index contributed by atoms with van der Waals surface area (Å²) in [6.45, 7) is 7.38. The first-order valence-corrected chi connectivity index (χ1v) is 8.91. The molecule has 0 aliphatic carbocycles. The lowest BCUT2D eigenvalue weighted by molar-refractivity contribution is -0.118. The lowest BCUT2D eigenvalue weighted by Crippen LogP contribution is -2.35. The van der Waals surface area contributed by atoms with E-state index in [9.17, 15) is 4.79 Å². The molecule has 2 aromatic rings. The van der Waals surface area contributed by atoms with Crippen LogP contribution < -0.4 is 10.1 Å². The van der Waals surface area contributed by atoms with E-state index in [1.165, 1.54) is 0 Å². The smallest absolute Gasteiger partial charge is 0.263 e. The van der Waals surface area contributed by atoms with Gasteiger partial charge in [-0.1, -0.05) is 25.1 Å². The number of anilines is 1. The molecule has 1 aliphatic rings. The van der Waals surface area contributed by atoms with Crippen molar-refractivity contribution in [2.45, 2.75) is 32.7 Å². The van der Waals surface area contributed by atoms with Gasteiger partial charge in [-0.25, -0.2) is 4.68 Å². The standard InChI is InChI=1S/C19H26N4O2/c1-3-22-12-9-16(10-13-22)23-18(8-11-20-23)21-19(24)14-25-17-7-5-4-6-15(17)2/h4-8,11,16H,3,9-10,12-14H2,1-2H3,(H,21,24). The quantitative estimate of drug-likeness (QED) is 0.877. The minimum Gasteiger partial charge on any atom is -0.483 e. The molecule has 1 N–H and O–H groups in total. The molecule has 0 spiro atoms. The average Bonchev–Trinajstić information content (AvgIpc) is 3.09. The Labute approximate surface area is 148 Å². The number of para-hydroxylation sites is 1. The molecule has 1 aromatic heterocycles. The summed E-state index contributed by atoms with van der Waals surface area (Å²) in [5, 5.41) is 7.34. The van der Waals surface area contributed by atoms with E-state index in [-0.39, 0.29) is 12.5 Å². The van der Waals surface area contributed by atoms with Crippen LogP contribution in [0.2, 0.25) is 0 Å². The number of aryl methyl sites for hydroxylation is 1. The lowest BCUT2D eigenvalue weighted by Gasteiger charge is -2.31. The SMILES string of the molecule is CCN1CCC(n2nccc2NC(=O)COc2ccccc2C)CC1. The van der Waals surface area contributed by atoms with Crippen molar-refractivity contribution in [3.8, 4) is 5.75 Å². The number of amides is 1. The molecule has 1 aliphatic heterocycles. The third-order valence-corrected chi connectivity index (χ3v) is 4.74. The first-order chi connectivity index (χ1) is 12.2. The molecule has 0 bridgehead atoms. The van der Waals surface area contributed by atoms with Crippen LogP contribution in [0.1, 0.15) is 31.4 Å². The Balaban J connectivity index is 1.56. The molecule has 1 fully saturated rings. The molecule has 1 saturated heterocycles. The van der Waals surface area contributed by atoms with E-state index in [1.807, 2.05) is 41.9 Å². The normalized spacial score (nSPS) is 15.9. The average molecular weight is 342 g/mol. The molecule has 6 heteroatoms. The summed E-state index contributed by atoms with van der Waals surface area (Å²) >= 11 is 0. The van der Waals surface area contributed by atoms with Crippen molar-refractivity contribution in [3.05, 3.63) is 42.1 Å². The highest BCUT2D eigenvalue weighted by Gasteiger charge is 2.22. The maximum Gasteiger partial charge on any atom is 0.263 e. The number of likely N-dealkylation sites (tertiary alicyclic amines) is 1. The van der Waals surface area contributed by atoms with Crippen LogP contribution >= 0.6 is 0 Å². The van der Waals surface area contributed by atoms with Crippen LogP contribution in [-0.2, 0) is 4.79 Å². The number of nitrogens with zero attached hydrogens (tertiary/aromatic N) is 3. The number of carbonyl (C=O) groups is 1. The molecule has 1 aromatic carbocycles. The van der Waals surface area contributed by atoms with Gasteiger partial charge in [0.2, 0.25) is 0 Å². The van der Waals surface area contributed by atoms with E-state index in [0.29, 0.717) is 6.04 Å². The van der Waals surface area contributed by atoms with Gasteiger partial charge in [-0.05, 0) is 37.9 Å². The Morgan fingerprint density at radius 3 is 2.76 bits per heavy atom. The molecule has 0 saturated carbocycles. The topological polar surface area (TPSA) is 59.4 Å². The van der Waals surface area contributed by atoms with Gasteiger partial charge in [0, 0.05) is 19.2 Å². The van der Waals surface area contributed by atoms with Gasteiger partial charge in [0.1, 0.15) is 11.6 Å². The molecule has 6 nitrogen and oxygen atoms in total. The number of hydrogen-bond donors (Lipinski definition) is 1. The maximum atomic E-state index is 12.2. The minimum absolute atomic E-state index is 0.00961. The first kappa shape index (κ1) is 17.5. The van der Waals surface area contributed by atoms with Crippen LogP contribution in [-0.4, -0.2) is 46.8 Å². The van der Waals surface area contributed by atoms with Crippen LogP contribution in [0.5, 0.6) is 5.75 Å². The first-order valence-electron chi connectivity index (χ1n) is 8.91. The van der Waals surface area contributed by atoms with Crippen LogP contribution in [0.3, 0.4) is 0 Å². The molecular formula is C19H26N4O2. The second-order valence-corrected chi connectivity index (χ2v) is 6.43.